The van der Waals surface area contributed by atoms with Gasteiger partial charge >= 0.3 is 0 Å². The Morgan fingerprint density at radius 1 is 1.17 bits per heavy atom. The van der Waals surface area contributed by atoms with E-state index in [-0.39, 0.29) is 17.2 Å². The van der Waals surface area contributed by atoms with Crippen molar-refractivity contribution in [2.45, 2.75) is 35.9 Å². The molecule has 0 aliphatic carbocycles. The van der Waals surface area contributed by atoms with E-state index in [1.807, 2.05) is 62.4 Å². The van der Waals surface area contributed by atoms with Crippen LogP contribution >= 0.6 is 23.1 Å². The predicted molar refractivity (Wildman–Crippen MR) is 103 cm³/mol. The summed E-state index contributed by atoms with van der Waals surface area (Å²) in [5.41, 5.74) is 2.11. The van der Waals surface area contributed by atoms with Crippen molar-refractivity contribution in [3.8, 4) is 0 Å². The van der Waals surface area contributed by atoms with Gasteiger partial charge in [-0.25, -0.2) is 4.98 Å². The summed E-state index contributed by atoms with van der Waals surface area (Å²) < 4.78 is 2.11. The van der Waals surface area contributed by atoms with Crippen LogP contribution < -0.4 is 5.32 Å². The lowest BCUT2D eigenvalue weighted by molar-refractivity contribution is -0.121. The van der Waals surface area contributed by atoms with Gasteiger partial charge in [0.15, 0.2) is 4.34 Å². The topological polar surface area (TPSA) is 42.0 Å². The summed E-state index contributed by atoms with van der Waals surface area (Å²) in [5, 5.41) is 2.99. The van der Waals surface area contributed by atoms with Gasteiger partial charge in [-0.15, -0.1) is 11.3 Å². The third-order valence-corrected chi connectivity index (χ3v) is 6.33. The summed E-state index contributed by atoms with van der Waals surface area (Å²) in [6.07, 6.45) is 0.772. The first-order valence-corrected chi connectivity index (χ1v) is 9.74. The van der Waals surface area contributed by atoms with Crippen LogP contribution in [0.5, 0.6) is 0 Å². The molecule has 0 unspecified atom stereocenters. The molecule has 24 heavy (non-hydrogen) atoms. The molecule has 3 aromatic rings. The van der Waals surface area contributed by atoms with Gasteiger partial charge in [-0.2, -0.15) is 0 Å². The van der Waals surface area contributed by atoms with Crippen LogP contribution in [0.1, 0.15) is 31.9 Å². The molecule has 0 saturated heterocycles. The molecule has 0 saturated carbocycles. The first kappa shape index (κ1) is 17.0. The highest BCUT2D eigenvalue weighted by molar-refractivity contribution is 8.02. The lowest BCUT2D eigenvalue weighted by Gasteiger charge is -2.18. The third kappa shape index (κ3) is 3.97. The largest absolute Gasteiger partial charge is 0.349 e. The quantitative estimate of drug-likeness (QED) is 0.629. The number of aromatic nitrogens is 1. The number of fused-ring (bicyclic) bond motifs is 1. The number of rotatable bonds is 6. The van der Waals surface area contributed by atoms with Crippen molar-refractivity contribution < 1.29 is 4.79 Å². The van der Waals surface area contributed by atoms with Crippen LogP contribution in [-0.4, -0.2) is 16.1 Å². The molecule has 1 amide bonds. The summed E-state index contributed by atoms with van der Waals surface area (Å²) >= 11 is 3.20. The number of carbonyl (C=O) groups excluding carboxylic acids is 1. The number of para-hydroxylation sites is 1. The Bertz CT molecular complexity index is 783. The van der Waals surface area contributed by atoms with Crippen molar-refractivity contribution in [3.05, 3.63) is 60.2 Å². The van der Waals surface area contributed by atoms with Crippen molar-refractivity contribution in [2.24, 2.45) is 0 Å². The van der Waals surface area contributed by atoms with Crippen LogP contribution in [0.25, 0.3) is 10.2 Å². The molecule has 5 heteroatoms. The fraction of sp³-hybridized carbons (Fsp3) is 0.263. The molecule has 1 N–H and O–H groups in total. The summed E-state index contributed by atoms with van der Waals surface area (Å²) in [4.78, 5) is 17.2. The molecular weight excluding hydrogens is 336 g/mol. The molecule has 0 aliphatic rings. The molecule has 2 atom stereocenters. The van der Waals surface area contributed by atoms with Crippen molar-refractivity contribution in [1.82, 2.24) is 10.3 Å². The zero-order valence-electron chi connectivity index (χ0n) is 13.7. The average molecular weight is 357 g/mol. The minimum atomic E-state index is -0.128. The average Bonchev–Trinajstić information content (AvgIpc) is 3.02. The van der Waals surface area contributed by atoms with Gasteiger partial charge in [-0.1, -0.05) is 61.2 Å². The van der Waals surface area contributed by atoms with Gasteiger partial charge in [0.1, 0.15) is 0 Å². The lowest BCUT2D eigenvalue weighted by Crippen LogP contribution is -2.34. The van der Waals surface area contributed by atoms with E-state index in [9.17, 15) is 4.79 Å². The summed E-state index contributed by atoms with van der Waals surface area (Å²) in [7, 11) is 0. The van der Waals surface area contributed by atoms with Crippen LogP contribution in [0, 0.1) is 0 Å². The van der Waals surface area contributed by atoms with Gasteiger partial charge < -0.3 is 5.32 Å². The number of nitrogens with one attached hydrogen (secondary N) is 1. The van der Waals surface area contributed by atoms with E-state index in [0.29, 0.717) is 0 Å². The lowest BCUT2D eigenvalue weighted by atomic mass is 10.1. The molecule has 0 spiro atoms. The molecular formula is C19H20N2OS2. The smallest absolute Gasteiger partial charge is 0.234 e. The molecule has 1 aromatic heterocycles. The number of nitrogens with zero attached hydrogens (tertiary/aromatic N) is 1. The second-order valence-corrected chi connectivity index (χ2v) is 8.08. The van der Waals surface area contributed by atoms with Gasteiger partial charge in [0.2, 0.25) is 5.91 Å². The number of thiazole rings is 1. The van der Waals surface area contributed by atoms with Crippen LogP contribution in [0.3, 0.4) is 0 Å². The number of hydrogen-bond acceptors (Lipinski definition) is 4. The van der Waals surface area contributed by atoms with Crippen LogP contribution in [0.2, 0.25) is 0 Å². The summed E-state index contributed by atoms with van der Waals surface area (Å²) in [5.74, 6) is 0.0677. The maximum Gasteiger partial charge on any atom is 0.234 e. The van der Waals surface area contributed by atoms with Crippen LogP contribution in [0.4, 0.5) is 0 Å². The zero-order chi connectivity index (χ0) is 16.9. The van der Waals surface area contributed by atoms with E-state index < -0.39 is 0 Å². The van der Waals surface area contributed by atoms with Crippen LogP contribution in [0.15, 0.2) is 58.9 Å². The van der Waals surface area contributed by atoms with Gasteiger partial charge in [-0.05, 0) is 31.0 Å². The molecule has 0 radical (unpaired) electrons. The van der Waals surface area contributed by atoms with E-state index in [1.54, 1.807) is 23.1 Å². The van der Waals surface area contributed by atoms with E-state index in [0.717, 1.165) is 26.5 Å². The Balaban J connectivity index is 1.67. The van der Waals surface area contributed by atoms with Gasteiger partial charge in [0.05, 0.1) is 21.5 Å². The first-order valence-electron chi connectivity index (χ1n) is 8.05. The minimum absolute atomic E-state index is 0.00344. The van der Waals surface area contributed by atoms with Gasteiger partial charge in [0, 0.05) is 0 Å². The highest BCUT2D eigenvalue weighted by Gasteiger charge is 2.21. The highest BCUT2D eigenvalue weighted by Crippen LogP contribution is 2.33. The molecule has 2 aromatic carbocycles. The molecule has 3 rings (SSSR count). The van der Waals surface area contributed by atoms with Crippen molar-refractivity contribution >= 4 is 39.2 Å². The predicted octanol–water partition coefficient (Wildman–Crippen LogP) is 5.04. The number of hydrogen-bond donors (Lipinski definition) is 1. The summed E-state index contributed by atoms with van der Waals surface area (Å²) in [6, 6.07) is 18.1. The van der Waals surface area contributed by atoms with E-state index in [2.05, 4.69) is 16.4 Å². The Labute approximate surface area is 150 Å². The monoisotopic (exact) mass is 356 g/mol. The van der Waals surface area contributed by atoms with E-state index in [4.69, 9.17) is 0 Å². The number of benzene rings is 2. The van der Waals surface area contributed by atoms with E-state index >= 15 is 0 Å². The molecule has 124 valence electrons. The number of thioether (sulfide) groups is 1. The van der Waals surface area contributed by atoms with Crippen molar-refractivity contribution in [3.63, 3.8) is 0 Å². The normalized spacial score (nSPS) is 13.6. The first-order chi connectivity index (χ1) is 11.7. The maximum atomic E-state index is 12.6. The Kier molecular flexibility index (Phi) is 5.53. The molecule has 0 bridgehead atoms. The Hall–Kier alpha value is -1.85. The van der Waals surface area contributed by atoms with Crippen LogP contribution in [-0.2, 0) is 4.79 Å². The van der Waals surface area contributed by atoms with Crippen molar-refractivity contribution in [2.75, 3.05) is 0 Å². The molecule has 0 fully saturated rings. The fourth-order valence-electron chi connectivity index (χ4n) is 2.48. The van der Waals surface area contributed by atoms with E-state index in [1.165, 1.54) is 0 Å². The molecule has 0 aliphatic heterocycles. The zero-order valence-corrected chi connectivity index (χ0v) is 15.4. The second kappa shape index (κ2) is 7.81. The number of carbonyl (C=O) groups is 1. The maximum absolute atomic E-state index is 12.6. The SMILES string of the molecule is CC[C@@H](Sc1nc2ccccc2s1)C(=O)N[C@@H](C)c1ccccc1. The minimum Gasteiger partial charge on any atom is -0.349 e. The molecule has 1 heterocycles. The fourth-order valence-corrected chi connectivity index (χ4v) is 4.72. The van der Waals surface area contributed by atoms with Gasteiger partial charge in [0.25, 0.3) is 0 Å². The Morgan fingerprint density at radius 3 is 2.58 bits per heavy atom. The van der Waals surface area contributed by atoms with Gasteiger partial charge in [-0.3, -0.25) is 4.79 Å². The third-order valence-electron chi connectivity index (χ3n) is 3.84. The highest BCUT2D eigenvalue weighted by atomic mass is 32.2. The second-order valence-electron chi connectivity index (χ2n) is 5.60. The summed E-state index contributed by atoms with van der Waals surface area (Å²) in [6.45, 7) is 4.06. The Morgan fingerprint density at radius 2 is 1.88 bits per heavy atom. The molecule has 3 nitrogen and oxygen atoms in total. The number of amides is 1. The standard InChI is InChI=1S/C19H20N2OS2/c1-3-16(18(22)20-13(2)14-9-5-4-6-10-14)23-19-21-15-11-7-8-12-17(15)24-19/h4-13,16H,3H2,1-2H3,(H,20,22)/t13-,16+/m0/s1. The van der Waals surface area contributed by atoms with Crippen molar-refractivity contribution in [1.29, 1.82) is 0 Å².